The van der Waals surface area contributed by atoms with Crippen LogP contribution in [0.4, 0.5) is 5.69 Å². The average molecular weight is 540 g/mol. The van der Waals surface area contributed by atoms with Crippen molar-refractivity contribution in [2.45, 2.75) is 45.8 Å². The van der Waals surface area contributed by atoms with E-state index in [0.29, 0.717) is 16.3 Å². The van der Waals surface area contributed by atoms with E-state index in [1.807, 2.05) is 20.8 Å². The summed E-state index contributed by atoms with van der Waals surface area (Å²) in [4.78, 5) is 28.0. The number of halogens is 1. The molecule has 2 rings (SSSR count). The van der Waals surface area contributed by atoms with E-state index in [2.05, 4.69) is 5.32 Å². The molecule has 36 heavy (non-hydrogen) atoms. The van der Waals surface area contributed by atoms with Gasteiger partial charge in [-0.15, -0.1) is 0 Å². The normalized spacial score (nSPS) is 12.4. The van der Waals surface area contributed by atoms with Gasteiger partial charge in [0.1, 0.15) is 24.1 Å². The molecule has 2 amide bonds. The molecule has 2 aromatic rings. The number of sulfonamides is 1. The second-order valence-corrected chi connectivity index (χ2v) is 11.6. The SMILES string of the molecule is COc1ccc(OC)c(N(CC(=O)N(Cc2ccccc2Cl)C(C)C(=O)NC(C)(C)C)S(C)(=O)=O)c1. The molecule has 1 unspecified atom stereocenters. The van der Waals surface area contributed by atoms with Crippen LogP contribution in [-0.2, 0) is 26.2 Å². The van der Waals surface area contributed by atoms with Crippen molar-refractivity contribution in [1.82, 2.24) is 10.2 Å². The highest BCUT2D eigenvalue weighted by molar-refractivity contribution is 7.92. The van der Waals surface area contributed by atoms with Crippen molar-refractivity contribution in [2.75, 3.05) is 31.3 Å². The van der Waals surface area contributed by atoms with Crippen molar-refractivity contribution in [3.8, 4) is 11.5 Å². The Morgan fingerprint density at radius 3 is 2.25 bits per heavy atom. The maximum Gasteiger partial charge on any atom is 0.244 e. The van der Waals surface area contributed by atoms with Crippen LogP contribution in [0, 0.1) is 0 Å². The van der Waals surface area contributed by atoms with E-state index in [0.717, 1.165) is 10.6 Å². The number of nitrogens with zero attached hydrogens (tertiary/aromatic N) is 2. The number of methoxy groups -OCH3 is 2. The first-order chi connectivity index (χ1) is 16.7. The first kappa shape index (κ1) is 29.3. The van der Waals surface area contributed by atoms with Crippen LogP contribution >= 0.6 is 11.6 Å². The fraction of sp³-hybridized carbons (Fsp3) is 0.440. The van der Waals surface area contributed by atoms with E-state index in [1.165, 1.54) is 25.2 Å². The van der Waals surface area contributed by atoms with E-state index < -0.39 is 34.1 Å². The van der Waals surface area contributed by atoms with Gasteiger partial charge in [0.15, 0.2) is 0 Å². The van der Waals surface area contributed by atoms with Crippen LogP contribution in [0.15, 0.2) is 42.5 Å². The zero-order valence-corrected chi connectivity index (χ0v) is 23.2. The highest BCUT2D eigenvalue weighted by Gasteiger charge is 2.32. The molecule has 0 saturated carbocycles. The summed E-state index contributed by atoms with van der Waals surface area (Å²) in [5.74, 6) is -0.350. The van der Waals surface area contributed by atoms with Crippen molar-refractivity contribution < 1.29 is 27.5 Å². The Hall–Kier alpha value is -2.98. The Kier molecular flexibility index (Phi) is 9.62. The predicted molar refractivity (Wildman–Crippen MR) is 141 cm³/mol. The lowest BCUT2D eigenvalue weighted by atomic mass is 10.1. The molecule has 0 saturated heterocycles. The van der Waals surface area contributed by atoms with Gasteiger partial charge in [-0.05, 0) is 51.5 Å². The monoisotopic (exact) mass is 539 g/mol. The molecule has 0 spiro atoms. The van der Waals surface area contributed by atoms with E-state index in [1.54, 1.807) is 43.3 Å². The number of hydrogen-bond donors (Lipinski definition) is 1. The summed E-state index contributed by atoms with van der Waals surface area (Å²) in [5.41, 5.74) is 0.224. The molecule has 2 aromatic carbocycles. The fourth-order valence-electron chi connectivity index (χ4n) is 3.45. The summed E-state index contributed by atoms with van der Waals surface area (Å²) in [7, 11) is -1.09. The van der Waals surface area contributed by atoms with E-state index in [4.69, 9.17) is 21.1 Å². The number of carbonyl (C=O) groups is 2. The van der Waals surface area contributed by atoms with E-state index in [9.17, 15) is 18.0 Å². The van der Waals surface area contributed by atoms with Gasteiger partial charge in [-0.3, -0.25) is 13.9 Å². The molecule has 0 aliphatic rings. The minimum absolute atomic E-state index is 0.00405. The van der Waals surface area contributed by atoms with Crippen LogP contribution < -0.4 is 19.1 Å². The lowest BCUT2D eigenvalue weighted by Gasteiger charge is -2.33. The number of ether oxygens (including phenoxy) is 2. The number of carbonyl (C=O) groups excluding carboxylic acids is 2. The molecule has 198 valence electrons. The van der Waals surface area contributed by atoms with Gasteiger partial charge >= 0.3 is 0 Å². The van der Waals surface area contributed by atoms with Crippen molar-refractivity contribution >= 4 is 39.1 Å². The fourth-order valence-corrected chi connectivity index (χ4v) is 4.49. The second kappa shape index (κ2) is 11.8. The van der Waals surface area contributed by atoms with E-state index >= 15 is 0 Å². The lowest BCUT2D eigenvalue weighted by molar-refractivity contribution is -0.140. The predicted octanol–water partition coefficient (Wildman–Crippen LogP) is 3.46. The second-order valence-electron chi connectivity index (χ2n) is 9.34. The number of benzene rings is 2. The Morgan fingerprint density at radius 2 is 1.72 bits per heavy atom. The molecule has 0 aliphatic carbocycles. The highest BCUT2D eigenvalue weighted by atomic mass is 35.5. The summed E-state index contributed by atoms with van der Waals surface area (Å²) in [5, 5.41) is 3.29. The summed E-state index contributed by atoms with van der Waals surface area (Å²) in [6.45, 7) is 6.52. The van der Waals surface area contributed by atoms with Crippen molar-refractivity contribution in [3.63, 3.8) is 0 Å². The molecule has 0 fully saturated rings. The zero-order valence-electron chi connectivity index (χ0n) is 21.7. The van der Waals surface area contributed by atoms with Crippen molar-refractivity contribution in [3.05, 3.63) is 53.1 Å². The summed E-state index contributed by atoms with van der Waals surface area (Å²) in [6, 6.07) is 10.7. The molecule has 9 nitrogen and oxygen atoms in total. The van der Waals surface area contributed by atoms with Crippen LogP contribution in [0.5, 0.6) is 11.5 Å². The van der Waals surface area contributed by atoms with Crippen LogP contribution in [0.1, 0.15) is 33.3 Å². The van der Waals surface area contributed by atoms with Gasteiger partial charge in [-0.2, -0.15) is 0 Å². The van der Waals surface area contributed by atoms with E-state index in [-0.39, 0.29) is 23.9 Å². The lowest BCUT2D eigenvalue weighted by Crippen LogP contribution is -2.54. The molecular weight excluding hydrogens is 506 g/mol. The summed E-state index contributed by atoms with van der Waals surface area (Å²) in [6.07, 6.45) is 0.993. The maximum absolute atomic E-state index is 13.7. The standard InChI is InChI=1S/C25H34ClN3O6S/c1-17(24(31)27-25(2,3)4)28(15-18-10-8-9-11-20(18)26)23(30)16-29(36(7,32)33)21-14-19(34-5)12-13-22(21)35-6/h8-14,17H,15-16H2,1-7H3,(H,27,31). The third-order valence-corrected chi connectivity index (χ3v) is 6.79. The molecule has 0 aromatic heterocycles. The minimum atomic E-state index is -3.94. The highest BCUT2D eigenvalue weighted by Crippen LogP contribution is 2.34. The number of amides is 2. The Labute approximate surface area is 218 Å². The largest absolute Gasteiger partial charge is 0.497 e. The quantitative estimate of drug-likeness (QED) is 0.496. The first-order valence-corrected chi connectivity index (χ1v) is 13.4. The van der Waals surface area contributed by atoms with Gasteiger partial charge in [-0.1, -0.05) is 29.8 Å². The number of anilines is 1. The smallest absolute Gasteiger partial charge is 0.244 e. The van der Waals surface area contributed by atoms with Gasteiger partial charge in [0, 0.05) is 23.2 Å². The van der Waals surface area contributed by atoms with Crippen LogP contribution in [0.2, 0.25) is 5.02 Å². The molecule has 0 heterocycles. The molecule has 0 aliphatic heterocycles. The summed E-state index contributed by atoms with van der Waals surface area (Å²) >= 11 is 6.34. The van der Waals surface area contributed by atoms with Gasteiger partial charge in [-0.25, -0.2) is 8.42 Å². The Bertz CT molecular complexity index is 1200. The van der Waals surface area contributed by atoms with Gasteiger partial charge in [0.05, 0.1) is 26.2 Å². The summed E-state index contributed by atoms with van der Waals surface area (Å²) < 4.78 is 37.2. The van der Waals surface area contributed by atoms with Crippen LogP contribution in [-0.4, -0.2) is 63.7 Å². The first-order valence-electron chi connectivity index (χ1n) is 11.2. The Balaban J connectivity index is 2.51. The number of rotatable bonds is 10. The zero-order chi connectivity index (χ0) is 27.3. The van der Waals surface area contributed by atoms with Crippen LogP contribution in [0.3, 0.4) is 0 Å². The molecule has 0 radical (unpaired) electrons. The Morgan fingerprint density at radius 1 is 1.08 bits per heavy atom. The maximum atomic E-state index is 13.7. The van der Waals surface area contributed by atoms with Gasteiger partial charge < -0.3 is 19.7 Å². The van der Waals surface area contributed by atoms with Crippen LogP contribution in [0.25, 0.3) is 0 Å². The molecule has 1 N–H and O–H groups in total. The average Bonchev–Trinajstić information content (AvgIpc) is 2.79. The van der Waals surface area contributed by atoms with Crippen molar-refractivity contribution in [2.24, 2.45) is 0 Å². The third-order valence-electron chi connectivity index (χ3n) is 5.30. The molecule has 11 heteroatoms. The number of hydrogen-bond acceptors (Lipinski definition) is 6. The topological polar surface area (TPSA) is 105 Å². The van der Waals surface area contributed by atoms with Gasteiger partial charge in [0.25, 0.3) is 0 Å². The minimum Gasteiger partial charge on any atom is -0.497 e. The van der Waals surface area contributed by atoms with Gasteiger partial charge in [0.2, 0.25) is 21.8 Å². The van der Waals surface area contributed by atoms with Crippen molar-refractivity contribution in [1.29, 1.82) is 0 Å². The molecular formula is C25H34ClN3O6S. The molecule has 1 atom stereocenters. The molecule has 0 bridgehead atoms. The third kappa shape index (κ3) is 7.76. The number of nitrogens with one attached hydrogen (secondary N) is 1.